The van der Waals surface area contributed by atoms with Gasteiger partial charge in [0.2, 0.25) is 0 Å². The molecule has 0 unspecified atom stereocenters. The molecule has 6 nitrogen and oxygen atoms in total. The minimum atomic E-state index is -0.457. The van der Waals surface area contributed by atoms with Crippen molar-refractivity contribution in [2.45, 2.75) is 6.92 Å². The molecule has 138 valence electrons. The quantitative estimate of drug-likeness (QED) is 0.372. The summed E-state index contributed by atoms with van der Waals surface area (Å²) in [5.74, 6) is -0.338. The molecule has 28 heavy (non-hydrogen) atoms. The first-order valence-electron chi connectivity index (χ1n) is 8.53. The Morgan fingerprint density at radius 1 is 1.11 bits per heavy atom. The van der Waals surface area contributed by atoms with Crippen LogP contribution in [-0.4, -0.2) is 15.8 Å². The largest absolute Gasteiger partial charge is 0.322 e. The van der Waals surface area contributed by atoms with Crippen molar-refractivity contribution in [2.24, 2.45) is 0 Å². The number of thiophene rings is 1. The molecule has 0 aliphatic carbocycles. The molecule has 0 saturated carbocycles. The highest BCUT2D eigenvalue weighted by molar-refractivity contribution is 7.13. The average molecular weight is 389 g/mol. The number of aryl methyl sites for hydroxylation is 1. The normalized spacial score (nSPS) is 10.8. The van der Waals surface area contributed by atoms with Crippen molar-refractivity contribution in [1.29, 1.82) is 0 Å². The number of nitrogens with zero attached hydrogens (tertiary/aromatic N) is 2. The predicted molar refractivity (Wildman–Crippen MR) is 111 cm³/mol. The number of carbonyl (C=O) groups excluding carboxylic acids is 1. The van der Waals surface area contributed by atoms with Crippen LogP contribution in [0.1, 0.15) is 15.9 Å². The third-order valence-corrected chi connectivity index (χ3v) is 5.29. The van der Waals surface area contributed by atoms with Gasteiger partial charge >= 0.3 is 0 Å². The van der Waals surface area contributed by atoms with Crippen LogP contribution in [0.5, 0.6) is 0 Å². The number of aromatic nitrogens is 1. The van der Waals surface area contributed by atoms with E-state index in [0.29, 0.717) is 28.0 Å². The number of fused-ring (bicyclic) bond motifs is 1. The van der Waals surface area contributed by atoms with Gasteiger partial charge in [0, 0.05) is 22.7 Å². The Morgan fingerprint density at radius 3 is 2.68 bits per heavy atom. The highest BCUT2D eigenvalue weighted by Gasteiger charge is 2.17. The number of nitro groups is 1. The summed E-state index contributed by atoms with van der Waals surface area (Å²) in [6, 6.07) is 17.7. The van der Waals surface area contributed by atoms with Crippen molar-refractivity contribution in [2.75, 3.05) is 5.32 Å². The van der Waals surface area contributed by atoms with Gasteiger partial charge in [-0.2, -0.15) is 0 Å². The van der Waals surface area contributed by atoms with Crippen molar-refractivity contribution < 1.29 is 9.72 Å². The summed E-state index contributed by atoms with van der Waals surface area (Å²) in [6.07, 6.45) is 0. The zero-order chi connectivity index (χ0) is 19.7. The number of nitrogens with one attached hydrogen (secondary N) is 1. The second kappa shape index (κ2) is 7.21. The lowest BCUT2D eigenvalue weighted by molar-refractivity contribution is -0.385. The third-order valence-electron chi connectivity index (χ3n) is 4.40. The molecule has 1 amide bonds. The molecule has 2 aromatic carbocycles. The molecule has 0 spiro atoms. The Morgan fingerprint density at radius 2 is 1.93 bits per heavy atom. The average Bonchev–Trinajstić information content (AvgIpc) is 3.23. The second-order valence-corrected chi connectivity index (χ2v) is 7.21. The van der Waals surface area contributed by atoms with E-state index in [-0.39, 0.29) is 11.6 Å². The molecular weight excluding hydrogens is 374 g/mol. The molecule has 2 aromatic heterocycles. The smallest absolute Gasteiger partial charge is 0.274 e. The van der Waals surface area contributed by atoms with Gasteiger partial charge < -0.3 is 5.32 Å². The minimum absolute atomic E-state index is 0.0309. The molecule has 4 rings (SSSR count). The molecule has 0 fully saturated rings. The third kappa shape index (κ3) is 3.35. The number of carbonyl (C=O) groups is 1. The fourth-order valence-electron chi connectivity index (χ4n) is 3.00. The van der Waals surface area contributed by atoms with Crippen molar-refractivity contribution in [3.8, 4) is 10.6 Å². The standard InChI is InChI=1S/C21H15N3O3S/c1-13-8-9-14(11-19(13)24(26)27)22-21(25)16-12-18(20-7-4-10-28-20)23-17-6-3-2-5-15(16)17/h2-12H,1H3,(H,22,25). The maximum atomic E-state index is 13.0. The fraction of sp³-hybridized carbons (Fsp3) is 0.0476. The van der Waals surface area contributed by atoms with E-state index in [0.717, 1.165) is 10.3 Å². The van der Waals surface area contributed by atoms with E-state index >= 15 is 0 Å². The Kier molecular flexibility index (Phi) is 4.58. The van der Waals surface area contributed by atoms with Gasteiger partial charge in [-0.15, -0.1) is 11.3 Å². The number of nitro benzene ring substituents is 1. The van der Waals surface area contributed by atoms with Gasteiger partial charge in [0.25, 0.3) is 11.6 Å². The second-order valence-electron chi connectivity index (χ2n) is 6.26. The van der Waals surface area contributed by atoms with E-state index in [4.69, 9.17) is 0 Å². The summed E-state index contributed by atoms with van der Waals surface area (Å²) in [5, 5.41) is 16.6. The Labute approximate surface area is 164 Å². The number of benzene rings is 2. The van der Waals surface area contributed by atoms with E-state index in [2.05, 4.69) is 10.3 Å². The van der Waals surface area contributed by atoms with Crippen LogP contribution < -0.4 is 5.32 Å². The molecule has 7 heteroatoms. The zero-order valence-corrected chi connectivity index (χ0v) is 15.7. The first kappa shape index (κ1) is 17.8. The zero-order valence-electron chi connectivity index (χ0n) is 14.9. The van der Waals surface area contributed by atoms with Gasteiger partial charge in [0.05, 0.1) is 26.6 Å². The number of hydrogen-bond acceptors (Lipinski definition) is 5. The number of hydrogen-bond donors (Lipinski definition) is 1. The number of pyridine rings is 1. The lowest BCUT2D eigenvalue weighted by Crippen LogP contribution is -2.13. The van der Waals surface area contributed by atoms with E-state index in [1.165, 1.54) is 6.07 Å². The van der Waals surface area contributed by atoms with Crippen molar-refractivity contribution >= 4 is 39.5 Å². The van der Waals surface area contributed by atoms with Crippen LogP contribution in [0.2, 0.25) is 0 Å². The Balaban J connectivity index is 1.77. The van der Waals surface area contributed by atoms with Gasteiger partial charge in [-0.05, 0) is 36.6 Å². The number of para-hydroxylation sites is 1. The molecule has 0 bridgehead atoms. The van der Waals surface area contributed by atoms with Crippen LogP contribution in [0.15, 0.2) is 66.0 Å². The molecular formula is C21H15N3O3S. The van der Waals surface area contributed by atoms with E-state index < -0.39 is 4.92 Å². The van der Waals surface area contributed by atoms with Gasteiger partial charge in [0.1, 0.15) is 0 Å². The summed E-state index contributed by atoms with van der Waals surface area (Å²) in [4.78, 5) is 29.3. The lowest BCUT2D eigenvalue weighted by Gasteiger charge is -2.10. The van der Waals surface area contributed by atoms with Gasteiger partial charge in [-0.25, -0.2) is 4.98 Å². The van der Waals surface area contributed by atoms with E-state index in [9.17, 15) is 14.9 Å². The van der Waals surface area contributed by atoms with Crippen LogP contribution in [-0.2, 0) is 0 Å². The number of rotatable bonds is 4. The van der Waals surface area contributed by atoms with Crippen molar-refractivity contribution in [1.82, 2.24) is 4.98 Å². The first-order chi connectivity index (χ1) is 13.5. The molecule has 1 N–H and O–H groups in total. The Hall–Kier alpha value is -3.58. The number of amides is 1. The molecule has 0 atom stereocenters. The van der Waals surface area contributed by atoms with Crippen LogP contribution in [0, 0.1) is 17.0 Å². The monoisotopic (exact) mass is 389 g/mol. The summed E-state index contributed by atoms with van der Waals surface area (Å²) in [6.45, 7) is 1.66. The first-order valence-corrected chi connectivity index (χ1v) is 9.41. The molecule has 4 aromatic rings. The van der Waals surface area contributed by atoms with E-state index in [1.807, 2.05) is 41.8 Å². The van der Waals surface area contributed by atoms with Crippen molar-refractivity contribution in [3.63, 3.8) is 0 Å². The molecule has 0 aliphatic rings. The lowest BCUT2D eigenvalue weighted by atomic mass is 10.1. The van der Waals surface area contributed by atoms with Crippen LogP contribution >= 0.6 is 11.3 Å². The topological polar surface area (TPSA) is 85.1 Å². The predicted octanol–water partition coefficient (Wildman–Crippen LogP) is 5.43. The van der Waals surface area contributed by atoms with Crippen LogP contribution in [0.25, 0.3) is 21.5 Å². The van der Waals surface area contributed by atoms with Crippen LogP contribution in [0.3, 0.4) is 0 Å². The molecule has 0 aliphatic heterocycles. The van der Waals surface area contributed by atoms with Crippen LogP contribution in [0.4, 0.5) is 11.4 Å². The molecule has 2 heterocycles. The van der Waals surface area contributed by atoms with Gasteiger partial charge in [-0.3, -0.25) is 14.9 Å². The summed E-state index contributed by atoms with van der Waals surface area (Å²) in [5.41, 5.74) is 2.79. The SMILES string of the molecule is Cc1ccc(NC(=O)c2cc(-c3cccs3)nc3ccccc23)cc1[N+](=O)[O-]. The maximum absolute atomic E-state index is 13.0. The van der Waals surface area contributed by atoms with Gasteiger partial charge in [-0.1, -0.05) is 30.3 Å². The maximum Gasteiger partial charge on any atom is 0.274 e. The molecule has 0 radical (unpaired) electrons. The number of anilines is 1. The summed E-state index contributed by atoms with van der Waals surface area (Å²) in [7, 11) is 0. The highest BCUT2D eigenvalue weighted by Crippen LogP contribution is 2.29. The van der Waals surface area contributed by atoms with E-state index in [1.54, 1.807) is 36.5 Å². The van der Waals surface area contributed by atoms with Crippen molar-refractivity contribution in [3.05, 3.63) is 87.3 Å². The summed E-state index contributed by atoms with van der Waals surface area (Å²) >= 11 is 1.55. The Bertz CT molecular complexity index is 1200. The molecule has 0 saturated heterocycles. The highest BCUT2D eigenvalue weighted by atomic mass is 32.1. The van der Waals surface area contributed by atoms with Gasteiger partial charge in [0.15, 0.2) is 0 Å². The minimum Gasteiger partial charge on any atom is -0.322 e. The summed E-state index contributed by atoms with van der Waals surface area (Å²) < 4.78 is 0. The fourth-order valence-corrected chi connectivity index (χ4v) is 3.68.